The lowest BCUT2D eigenvalue weighted by molar-refractivity contribution is 0.0536. The summed E-state index contributed by atoms with van der Waals surface area (Å²) in [6.07, 6.45) is -1.33. The van der Waals surface area contributed by atoms with Crippen molar-refractivity contribution >= 4 is 22.6 Å². The number of benzene rings is 2. The molecule has 0 aromatic heterocycles. The van der Waals surface area contributed by atoms with Crippen molar-refractivity contribution in [2.45, 2.75) is 45.3 Å². The average molecular weight is 516 g/mol. The van der Waals surface area contributed by atoms with Crippen LogP contribution in [0.5, 0.6) is 11.5 Å². The highest BCUT2D eigenvalue weighted by molar-refractivity contribution is 14.1. The molecule has 0 saturated heterocycles. The average Bonchev–Trinajstić information content (AvgIpc) is 2.77. The molecule has 0 amide bonds. The minimum atomic E-state index is -0.875. The lowest BCUT2D eigenvalue weighted by atomic mass is 9.78. The molecule has 162 valence electrons. The summed E-state index contributed by atoms with van der Waals surface area (Å²) in [5.74, 6) is 1.39. The van der Waals surface area contributed by atoms with Crippen LogP contribution in [0, 0.1) is 0 Å². The van der Waals surface area contributed by atoms with Crippen molar-refractivity contribution in [1.82, 2.24) is 0 Å². The Labute approximate surface area is 187 Å². The van der Waals surface area contributed by atoms with Gasteiger partial charge in [0.15, 0.2) is 0 Å². The first-order valence-electron chi connectivity index (χ1n) is 9.86. The van der Waals surface area contributed by atoms with Crippen molar-refractivity contribution in [3.63, 3.8) is 0 Å². The number of halogens is 1. The number of alkyl halides is 1. The Bertz CT molecular complexity index is 626. The van der Waals surface area contributed by atoms with Gasteiger partial charge >= 0.3 is 0 Å². The third-order valence-electron chi connectivity index (χ3n) is 4.43. The molecule has 2 unspecified atom stereocenters. The largest absolute Gasteiger partial charge is 0.491 e. The topological polar surface area (TPSA) is 79.2 Å². The minimum Gasteiger partial charge on any atom is -0.491 e. The van der Waals surface area contributed by atoms with E-state index in [1.807, 2.05) is 62.4 Å². The van der Waals surface area contributed by atoms with Gasteiger partial charge in [-0.15, -0.1) is 0 Å². The number of aliphatic hydroxyl groups excluding tert-OH is 3. The highest BCUT2D eigenvalue weighted by Gasteiger charge is 2.23. The zero-order chi connectivity index (χ0) is 21.9. The van der Waals surface area contributed by atoms with Crippen LogP contribution >= 0.6 is 22.6 Å². The van der Waals surface area contributed by atoms with Gasteiger partial charge in [0, 0.05) is 9.84 Å². The molecule has 3 N–H and O–H groups in total. The van der Waals surface area contributed by atoms with E-state index in [1.165, 1.54) is 0 Å². The second kappa shape index (κ2) is 13.1. The van der Waals surface area contributed by atoms with Crippen LogP contribution in [0.1, 0.15) is 38.8 Å². The highest BCUT2D eigenvalue weighted by Crippen LogP contribution is 2.33. The third kappa shape index (κ3) is 8.12. The van der Waals surface area contributed by atoms with Crippen LogP contribution in [0.25, 0.3) is 0 Å². The van der Waals surface area contributed by atoms with Crippen LogP contribution in [-0.4, -0.2) is 51.8 Å². The van der Waals surface area contributed by atoms with Gasteiger partial charge in [0.1, 0.15) is 30.8 Å². The monoisotopic (exact) mass is 516 g/mol. The fraction of sp³-hybridized carbons (Fsp3) is 0.478. The summed E-state index contributed by atoms with van der Waals surface area (Å²) < 4.78 is 11.7. The van der Waals surface area contributed by atoms with E-state index in [0.29, 0.717) is 10.2 Å². The lowest BCUT2D eigenvalue weighted by Gasteiger charge is -2.26. The molecule has 6 heteroatoms. The second-order valence-electron chi connectivity index (χ2n) is 6.94. The van der Waals surface area contributed by atoms with Crippen LogP contribution in [-0.2, 0) is 5.41 Å². The summed E-state index contributed by atoms with van der Waals surface area (Å²) >= 11 is 2.13. The molecule has 2 rings (SSSR count). The Kier molecular flexibility index (Phi) is 11.6. The predicted molar refractivity (Wildman–Crippen MR) is 125 cm³/mol. The molecule has 0 spiro atoms. The molecule has 2 atom stereocenters. The van der Waals surface area contributed by atoms with Gasteiger partial charge in [-0.25, -0.2) is 0 Å². The Morgan fingerprint density at radius 1 is 0.793 bits per heavy atom. The molecule has 0 aliphatic rings. The third-order valence-corrected chi connectivity index (χ3v) is 5.44. The molecule has 2 aromatic rings. The maximum Gasteiger partial charge on any atom is 0.119 e. The first-order chi connectivity index (χ1) is 13.9. The molecule has 0 aliphatic carbocycles. The van der Waals surface area contributed by atoms with E-state index < -0.39 is 12.2 Å². The molecule has 0 saturated carbocycles. The van der Waals surface area contributed by atoms with E-state index >= 15 is 0 Å². The van der Waals surface area contributed by atoms with Crippen LogP contribution in [0.3, 0.4) is 0 Å². The quantitative estimate of drug-likeness (QED) is 0.330. The number of ether oxygens (including phenoxy) is 2. The fourth-order valence-corrected chi connectivity index (χ4v) is 2.84. The summed E-state index contributed by atoms with van der Waals surface area (Å²) in [4.78, 5) is 0. The van der Waals surface area contributed by atoms with E-state index in [9.17, 15) is 10.2 Å². The zero-order valence-corrected chi connectivity index (χ0v) is 19.8. The van der Waals surface area contributed by atoms with E-state index in [-0.39, 0.29) is 25.2 Å². The van der Waals surface area contributed by atoms with Gasteiger partial charge in [0.25, 0.3) is 0 Å². The molecule has 5 nitrogen and oxygen atoms in total. The molecule has 29 heavy (non-hydrogen) atoms. The summed E-state index contributed by atoms with van der Waals surface area (Å²) in [5.41, 5.74) is 2.07. The van der Waals surface area contributed by atoms with Gasteiger partial charge in [-0.1, -0.05) is 74.6 Å². The van der Waals surface area contributed by atoms with E-state index in [1.54, 1.807) is 0 Å². The molecule has 0 fully saturated rings. The van der Waals surface area contributed by atoms with Crippen LogP contribution in [0.2, 0.25) is 0 Å². The molecular formula is C23H33IO5. The van der Waals surface area contributed by atoms with Crippen molar-refractivity contribution in [1.29, 1.82) is 0 Å². The molecule has 0 bridgehead atoms. The van der Waals surface area contributed by atoms with Crippen molar-refractivity contribution < 1.29 is 24.8 Å². The van der Waals surface area contributed by atoms with Crippen LogP contribution < -0.4 is 9.47 Å². The highest BCUT2D eigenvalue weighted by atomic mass is 127. The maximum absolute atomic E-state index is 9.59. The van der Waals surface area contributed by atoms with Gasteiger partial charge < -0.3 is 24.8 Å². The van der Waals surface area contributed by atoms with Gasteiger partial charge in [0.05, 0.1) is 12.7 Å². The maximum atomic E-state index is 9.59. The molecule has 0 radical (unpaired) electrons. The van der Waals surface area contributed by atoms with Gasteiger partial charge in [-0.3, -0.25) is 0 Å². The summed E-state index contributed by atoms with van der Waals surface area (Å²) in [5, 5.41) is 27.8. The van der Waals surface area contributed by atoms with E-state index in [2.05, 4.69) is 36.4 Å². The van der Waals surface area contributed by atoms with Gasteiger partial charge in [-0.05, 0) is 35.4 Å². The van der Waals surface area contributed by atoms with E-state index in [4.69, 9.17) is 14.6 Å². The number of aliphatic hydroxyl groups is 3. The smallest absolute Gasteiger partial charge is 0.119 e. The lowest BCUT2D eigenvalue weighted by Crippen LogP contribution is -2.21. The molecule has 2 aromatic carbocycles. The first kappa shape index (κ1) is 25.7. The van der Waals surface area contributed by atoms with Crippen molar-refractivity contribution in [3.05, 3.63) is 59.7 Å². The standard InChI is InChI=1S/C21H27IO5.C2H6/c1-21(2,15-3-7-19(8-4-15)26-13-17(24)11-22)16-5-9-20(10-6-16)27-14-18(25)12-23;1-2/h3-10,17-18,23-25H,11-14H2,1-2H3;1-2H3. The van der Waals surface area contributed by atoms with Crippen molar-refractivity contribution in [3.8, 4) is 11.5 Å². The van der Waals surface area contributed by atoms with Crippen LogP contribution in [0.15, 0.2) is 48.5 Å². The Morgan fingerprint density at radius 2 is 1.17 bits per heavy atom. The Balaban J connectivity index is 0.00000204. The summed E-state index contributed by atoms with van der Waals surface area (Å²) in [6, 6.07) is 15.6. The summed E-state index contributed by atoms with van der Waals surface area (Å²) in [6.45, 7) is 8.33. The SMILES string of the molecule is CC.CC(C)(c1ccc(OCC(O)CO)cc1)c1ccc(OCC(O)CI)cc1. The minimum absolute atomic E-state index is 0.0625. The Hall–Kier alpha value is -1.35. The fourth-order valence-electron chi connectivity index (χ4n) is 2.58. The zero-order valence-electron chi connectivity index (χ0n) is 17.6. The second-order valence-corrected chi connectivity index (χ2v) is 7.82. The van der Waals surface area contributed by atoms with Crippen LogP contribution in [0.4, 0.5) is 0 Å². The van der Waals surface area contributed by atoms with Crippen molar-refractivity contribution in [2.75, 3.05) is 24.2 Å². The molecular weight excluding hydrogens is 483 g/mol. The predicted octanol–water partition coefficient (Wildman–Crippen LogP) is 3.95. The Morgan fingerprint density at radius 3 is 1.52 bits per heavy atom. The summed E-state index contributed by atoms with van der Waals surface area (Å²) in [7, 11) is 0. The van der Waals surface area contributed by atoms with E-state index in [0.717, 1.165) is 16.9 Å². The molecule has 0 heterocycles. The number of hydrogen-bond acceptors (Lipinski definition) is 5. The number of hydrogen-bond donors (Lipinski definition) is 3. The first-order valence-corrected chi connectivity index (χ1v) is 11.4. The molecule has 0 aliphatic heterocycles. The normalized spacial score (nSPS) is 13.1. The number of rotatable bonds is 10. The van der Waals surface area contributed by atoms with Gasteiger partial charge in [0.2, 0.25) is 0 Å². The van der Waals surface area contributed by atoms with Gasteiger partial charge in [-0.2, -0.15) is 0 Å². The van der Waals surface area contributed by atoms with Crippen molar-refractivity contribution in [2.24, 2.45) is 0 Å².